The van der Waals surface area contributed by atoms with E-state index in [9.17, 15) is 44.1 Å². The number of amides is 2. The van der Waals surface area contributed by atoms with Crippen LogP contribution >= 0.6 is 46.4 Å². The molecule has 2 atom stereocenters. The van der Waals surface area contributed by atoms with Gasteiger partial charge in [0.25, 0.3) is 17.4 Å². The number of carboxylic acids is 3. The minimum atomic E-state index is -1.79. The minimum Gasteiger partial charge on any atom is -0.478 e. The van der Waals surface area contributed by atoms with Crippen molar-refractivity contribution in [3.63, 3.8) is 0 Å². The molecule has 0 radical (unpaired) electrons. The third-order valence-electron chi connectivity index (χ3n) is 5.65. The molecule has 16 nitrogen and oxygen atoms in total. The Bertz CT molecular complexity index is 1570. The van der Waals surface area contributed by atoms with Crippen LogP contribution in [0.25, 0.3) is 0 Å². The third kappa shape index (κ3) is 5.94. The summed E-state index contributed by atoms with van der Waals surface area (Å²) in [6, 6.07) is -1.15. The molecule has 0 saturated carbocycles. The number of aromatic carboxylic acids is 1. The maximum atomic E-state index is 13.2. The Balaban J connectivity index is 1.53. The number of carbonyl (C=O) groups is 5. The van der Waals surface area contributed by atoms with Gasteiger partial charge >= 0.3 is 17.9 Å². The van der Waals surface area contributed by atoms with Crippen molar-refractivity contribution in [2.45, 2.75) is 35.1 Å². The number of carboxylic acid groups (broad SMARTS) is 3. The highest BCUT2D eigenvalue weighted by Gasteiger charge is 2.54. The molecule has 4 rings (SSSR count). The first kappa shape index (κ1) is 30.1. The van der Waals surface area contributed by atoms with Crippen molar-refractivity contribution in [2.24, 2.45) is 5.16 Å². The fraction of sp³-hybridized carbons (Fsp3) is 0.333. The number of rotatable bonds is 11. The lowest BCUT2D eigenvalue weighted by Gasteiger charge is -2.49. The number of nitrogens with one attached hydrogen (secondary N) is 2. The van der Waals surface area contributed by atoms with Crippen molar-refractivity contribution in [3.05, 3.63) is 38.3 Å². The van der Waals surface area contributed by atoms with Crippen LogP contribution in [0.4, 0.5) is 5.13 Å². The average molecular weight is 645 g/mol. The van der Waals surface area contributed by atoms with Gasteiger partial charge in [-0.05, 0) is 19.4 Å². The Morgan fingerprint density at radius 2 is 1.98 bits per heavy atom. The first-order valence-electron chi connectivity index (χ1n) is 11.2. The summed E-state index contributed by atoms with van der Waals surface area (Å²) in [6.07, 6.45) is 1.23. The summed E-state index contributed by atoms with van der Waals surface area (Å²) in [6.45, 7) is 2.44. The average Bonchev–Trinajstić information content (AvgIpc) is 3.50. The van der Waals surface area contributed by atoms with Gasteiger partial charge < -0.3 is 31.2 Å². The van der Waals surface area contributed by atoms with Crippen LogP contribution in [0.1, 0.15) is 29.1 Å². The zero-order valence-electron chi connectivity index (χ0n) is 20.9. The number of thiazole rings is 1. The molecule has 1 fully saturated rings. The molecule has 4 heterocycles. The van der Waals surface area contributed by atoms with Gasteiger partial charge in [-0.1, -0.05) is 28.0 Å². The van der Waals surface area contributed by atoms with Gasteiger partial charge in [0.05, 0.1) is 9.09 Å². The van der Waals surface area contributed by atoms with E-state index < -0.39 is 57.9 Å². The Morgan fingerprint density at radius 3 is 2.56 bits per heavy atom. The second-order valence-corrected chi connectivity index (χ2v) is 13.0. The van der Waals surface area contributed by atoms with Crippen molar-refractivity contribution < 1.29 is 44.1 Å². The standard InChI is InChI=1S/C21H20N6O10S4/c1-21(2,19(35)36)37-25-9(7-3-23-20(22)40-7)13(29)24-10-14(30)27-11(17(33)34)6(4-38-15(10)27)5-39-18-8(16(31)32)12(28)26-41-18/h3,10,15H,4-5H2,1-2H3,(H2,22,23)(H,24,29)(H,26,28)(H,31,32)(H,33,34)(H,35,36)/b25-9+. The normalized spacial score (nSPS) is 18.9. The predicted molar refractivity (Wildman–Crippen MR) is 148 cm³/mol. The van der Waals surface area contributed by atoms with Crippen LogP contribution in [0.2, 0.25) is 0 Å². The number of carbonyl (C=O) groups excluding carboxylic acids is 2. The summed E-state index contributed by atoms with van der Waals surface area (Å²) in [5.74, 6) is -5.65. The van der Waals surface area contributed by atoms with Gasteiger partial charge in [0.2, 0.25) is 5.60 Å². The zero-order valence-corrected chi connectivity index (χ0v) is 24.2. The summed E-state index contributed by atoms with van der Waals surface area (Å²) in [5, 5.41) is 34.0. The number of β-lactam (4-membered cyclic amide) rings is 1. The molecule has 20 heteroatoms. The molecular weight excluding hydrogens is 625 g/mol. The van der Waals surface area contributed by atoms with Crippen LogP contribution in [0.15, 0.2) is 31.6 Å². The molecule has 2 aliphatic heterocycles. The number of anilines is 1. The predicted octanol–water partition coefficient (Wildman–Crippen LogP) is 0.288. The Hall–Kier alpha value is -3.88. The molecule has 2 unspecified atom stereocenters. The van der Waals surface area contributed by atoms with E-state index in [1.807, 2.05) is 0 Å². The maximum absolute atomic E-state index is 13.2. The number of fused-ring (bicyclic) bond motifs is 1. The van der Waals surface area contributed by atoms with E-state index in [1.54, 1.807) is 0 Å². The van der Waals surface area contributed by atoms with Crippen LogP contribution in [-0.4, -0.2) is 93.5 Å². The zero-order chi connectivity index (χ0) is 30.2. The number of aromatic amines is 1. The van der Waals surface area contributed by atoms with Gasteiger partial charge in [-0.3, -0.25) is 23.7 Å². The summed E-state index contributed by atoms with van der Waals surface area (Å²) in [7, 11) is 0. The molecular formula is C21H20N6O10S4. The van der Waals surface area contributed by atoms with Gasteiger partial charge in [-0.25, -0.2) is 19.4 Å². The second-order valence-electron chi connectivity index (χ2n) is 8.82. The molecule has 218 valence electrons. The van der Waals surface area contributed by atoms with Crippen LogP contribution < -0.4 is 16.6 Å². The van der Waals surface area contributed by atoms with E-state index in [1.165, 1.54) is 31.8 Å². The Labute approximate surface area is 245 Å². The Morgan fingerprint density at radius 1 is 1.27 bits per heavy atom. The summed E-state index contributed by atoms with van der Waals surface area (Å²) < 4.78 is 2.49. The smallest absolute Gasteiger partial charge is 0.352 e. The molecule has 2 aromatic rings. The molecule has 0 bridgehead atoms. The lowest BCUT2D eigenvalue weighted by molar-refractivity contribution is -0.161. The largest absolute Gasteiger partial charge is 0.478 e. The molecule has 0 aliphatic carbocycles. The highest BCUT2D eigenvalue weighted by atomic mass is 32.2. The number of thioether (sulfide) groups is 2. The van der Waals surface area contributed by atoms with Crippen molar-refractivity contribution in [1.82, 2.24) is 19.6 Å². The molecule has 7 N–H and O–H groups in total. The van der Waals surface area contributed by atoms with Crippen LogP contribution in [-0.2, 0) is 24.0 Å². The van der Waals surface area contributed by atoms with Crippen LogP contribution in [0.3, 0.4) is 0 Å². The number of H-pyrrole nitrogens is 1. The maximum Gasteiger partial charge on any atom is 0.352 e. The van der Waals surface area contributed by atoms with Crippen LogP contribution in [0.5, 0.6) is 0 Å². The van der Waals surface area contributed by atoms with E-state index in [2.05, 4.69) is 19.8 Å². The summed E-state index contributed by atoms with van der Waals surface area (Å²) >= 11 is 3.81. The number of hydrogen-bond acceptors (Lipinski definition) is 14. The highest BCUT2D eigenvalue weighted by Crippen LogP contribution is 2.42. The quantitative estimate of drug-likeness (QED) is 0.0832. The third-order valence-corrected chi connectivity index (χ3v) is 10.1. The molecule has 41 heavy (non-hydrogen) atoms. The summed E-state index contributed by atoms with van der Waals surface area (Å²) in [5.41, 5.74) is 2.29. The lowest BCUT2D eigenvalue weighted by atomic mass is 10.0. The number of nitrogens with zero attached hydrogens (tertiary/aromatic N) is 3. The van der Waals surface area contributed by atoms with E-state index in [0.29, 0.717) is 5.57 Å². The molecule has 0 spiro atoms. The van der Waals surface area contributed by atoms with E-state index in [4.69, 9.17) is 10.6 Å². The van der Waals surface area contributed by atoms with E-state index >= 15 is 0 Å². The fourth-order valence-electron chi connectivity index (χ4n) is 3.52. The van der Waals surface area contributed by atoms with Crippen LogP contribution in [0, 0.1) is 0 Å². The molecule has 1 saturated heterocycles. The highest BCUT2D eigenvalue weighted by molar-refractivity contribution is 8.02. The SMILES string of the molecule is CC(C)(O/N=C(/C(=O)NC1C(=O)N2C(C(=O)O)=C(CSc3s[nH]c(=O)c3C(=O)O)CSC12)c1cnc(N)s1)C(=O)O. The van der Waals surface area contributed by atoms with Crippen molar-refractivity contribution >= 4 is 87.0 Å². The topological polar surface area (TPSA) is 255 Å². The van der Waals surface area contributed by atoms with Gasteiger partial charge in [0, 0.05) is 17.7 Å². The first-order chi connectivity index (χ1) is 19.2. The minimum absolute atomic E-state index is 0.00343. The van der Waals surface area contributed by atoms with Crippen molar-refractivity contribution in [3.8, 4) is 0 Å². The van der Waals surface area contributed by atoms with Crippen molar-refractivity contribution in [1.29, 1.82) is 0 Å². The number of aromatic nitrogens is 2. The lowest BCUT2D eigenvalue weighted by Crippen LogP contribution is -2.71. The number of nitrogen functional groups attached to an aromatic ring is 1. The Kier molecular flexibility index (Phi) is 8.47. The monoisotopic (exact) mass is 644 g/mol. The molecule has 0 aromatic carbocycles. The van der Waals surface area contributed by atoms with E-state index in [-0.39, 0.29) is 37.1 Å². The summed E-state index contributed by atoms with van der Waals surface area (Å²) in [4.78, 5) is 83.0. The van der Waals surface area contributed by atoms with Gasteiger partial charge in [0.1, 0.15) is 17.1 Å². The number of nitrogens with two attached hydrogens (primary N) is 1. The molecule has 2 aliphatic rings. The number of hydrogen-bond donors (Lipinski definition) is 6. The number of aliphatic carboxylic acids is 2. The fourth-order valence-corrected chi connectivity index (χ4v) is 7.64. The van der Waals surface area contributed by atoms with Gasteiger partial charge in [0.15, 0.2) is 16.4 Å². The number of oxime groups is 1. The first-order valence-corrected chi connectivity index (χ1v) is 14.9. The van der Waals surface area contributed by atoms with E-state index in [0.717, 1.165) is 39.5 Å². The van der Waals surface area contributed by atoms with Gasteiger partial charge in [-0.15, -0.1) is 23.5 Å². The second kappa shape index (κ2) is 11.5. The molecule has 2 aromatic heterocycles. The van der Waals surface area contributed by atoms with Gasteiger partial charge in [-0.2, -0.15) is 0 Å². The molecule has 2 amide bonds. The van der Waals surface area contributed by atoms with Crippen molar-refractivity contribution in [2.75, 3.05) is 17.2 Å².